The number of halogens is 1. The van der Waals surface area contributed by atoms with Crippen molar-refractivity contribution >= 4 is 23.2 Å². The van der Waals surface area contributed by atoms with Gasteiger partial charge in [0.25, 0.3) is 0 Å². The number of hydrogen-bond donors (Lipinski definition) is 1. The second-order valence-electron chi connectivity index (χ2n) is 5.07. The van der Waals surface area contributed by atoms with Gasteiger partial charge in [-0.15, -0.1) is 0 Å². The summed E-state index contributed by atoms with van der Waals surface area (Å²) in [7, 11) is 0. The third kappa shape index (κ3) is 2.09. The number of carbonyl (C=O) groups excluding carboxylic acids is 1. The summed E-state index contributed by atoms with van der Waals surface area (Å²) in [5.74, 6) is -0.0550. The number of anilines is 1. The molecule has 2 aromatic carbocycles. The normalized spacial score (nSPS) is 21.8. The molecule has 4 heteroatoms. The molecule has 1 saturated heterocycles. The Morgan fingerprint density at radius 3 is 2.60 bits per heavy atom. The second kappa shape index (κ2) is 4.93. The van der Waals surface area contributed by atoms with Crippen LogP contribution in [0.15, 0.2) is 48.5 Å². The van der Waals surface area contributed by atoms with Crippen LogP contribution in [0.2, 0.25) is 5.02 Å². The topological polar surface area (TPSA) is 46.3 Å². The fourth-order valence-corrected chi connectivity index (χ4v) is 2.82. The zero-order valence-electron chi connectivity index (χ0n) is 11.1. The highest BCUT2D eigenvalue weighted by atomic mass is 35.5. The third-order valence-electron chi connectivity index (χ3n) is 3.61. The number of amides is 1. The van der Waals surface area contributed by atoms with E-state index in [1.54, 1.807) is 4.90 Å². The summed E-state index contributed by atoms with van der Waals surface area (Å²) in [5, 5.41) is 0.651. The summed E-state index contributed by atoms with van der Waals surface area (Å²) in [6.07, 6.45) is 0. The Hall–Kier alpha value is -1.84. The molecule has 102 valence electrons. The van der Waals surface area contributed by atoms with Gasteiger partial charge in [-0.2, -0.15) is 0 Å². The van der Waals surface area contributed by atoms with Crippen molar-refractivity contribution in [3.8, 4) is 0 Å². The molecule has 0 aromatic heterocycles. The minimum Gasteiger partial charge on any atom is -0.318 e. The Kier molecular flexibility index (Phi) is 3.24. The molecule has 0 spiro atoms. The summed E-state index contributed by atoms with van der Waals surface area (Å²) in [4.78, 5) is 13.8. The SMILES string of the molecule is Cc1cccc(N2C(=O)[C@H](N)[C@H]2c2cccc(Cl)c2)c1. The first-order valence-electron chi connectivity index (χ1n) is 6.49. The molecule has 1 fully saturated rings. The largest absolute Gasteiger partial charge is 0.318 e. The van der Waals surface area contributed by atoms with E-state index < -0.39 is 6.04 Å². The fraction of sp³-hybridized carbons (Fsp3) is 0.188. The van der Waals surface area contributed by atoms with E-state index >= 15 is 0 Å². The lowest BCUT2D eigenvalue weighted by Crippen LogP contribution is -2.63. The van der Waals surface area contributed by atoms with Crippen LogP contribution in [0.5, 0.6) is 0 Å². The molecule has 1 heterocycles. The van der Waals surface area contributed by atoms with Crippen LogP contribution < -0.4 is 10.6 Å². The molecule has 3 rings (SSSR count). The van der Waals surface area contributed by atoms with E-state index in [0.29, 0.717) is 5.02 Å². The molecule has 0 aliphatic carbocycles. The Morgan fingerprint density at radius 1 is 1.15 bits per heavy atom. The summed E-state index contributed by atoms with van der Waals surface area (Å²) >= 11 is 6.03. The number of nitrogens with two attached hydrogens (primary N) is 1. The molecule has 1 aliphatic heterocycles. The molecule has 2 atom stereocenters. The van der Waals surface area contributed by atoms with Crippen molar-refractivity contribution in [3.05, 3.63) is 64.7 Å². The van der Waals surface area contributed by atoms with Crippen LogP contribution >= 0.6 is 11.6 Å². The second-order valence-corrected chi connectivity index (χ2v) is 5.51. The Morgan fingerprint density at radius 2 is 1.90 bits per heavy atom. The van der Waals surface area contributed by atoms with Crippen molar-refractivity contribution in [2.75, 3.05) is 4.90 Å². The average Bonchev–Trinajstić information content (AvgIpc) is 2.43. The van der Waals surface area contributed by atoms with Gasteiger partial charge in [-0.05, 0) is 42.3 Å². The quantitative estimate of drug-likeness (QED) is 0.863. The van der Waals surface area contributed by atoms with Gasteiger partial charge in [-0.1, -0.05) is 35.9 Å². The number of β-lactam (4-membered cyclic amide) rings is 1. The van der Waals surface area contributed by atoms with E-state index in [-0.39, 0.29) is 11.9 Å². The Labute approximate surface area is 123 Å². The smallest absolute Gasteiger partial charge is 0.247 e. The Balaban J connectivity index is 2.00. The first kappa shape index (κ1) is 13.2. The van der Waals surface area contributed by atoms with Gasteiger partial charge in [-0.25, -0.2) is 0 Å². The predicted octanol–water partition coefficient (Wildman–Crippen LogP) is 3.06. The Bertz CT molecular complexity index is 671. The molecular weight excluding hydrogens is 272 g/mol. The van der Waals surface area contributed by atoms with Gasteiger partial charge < -0.3 is 10.6 Å². The lowest BCUT2D eigenvalue weighted by Gasteiger charge is -2.45. The van der Waals surface area contributed by atoms with E-state index in [1.807, 2.05) is 55.5 Å². The summed E-state index contributed by atoms with van der Waals surface area (Å²) < 4.78 is 0. The fourth-order valence-electron chi connectivity index (χ4n) is 2.62. The van der Waals surface area contributed by atoms with Crippen molar-refractivity contribution in [3.63, 3.8) is 0 Å². The minimum atomic E-state index is -0.506. The maximum atomic E-state index is 12.1. The van der Waals surface area contributed by atoms with Crippen LogP contribution in [0.4, 0.5) is 5.69 Å². The van der Waals surface area contributed by atoms with Crippen LogP contribution in [0.25, 0.3) is 0 Å². The van der Waals surface area contributed by atoms with Gasteiger partial charge in [0, 0.05) is 10.7 Å². The molecule has 1 aliphatic rings. The number of benzene rings is 2. The number of aryl methyl sites for hydroxylation is 1. The van der Waals surface area contributed by atoms with Gasteiger partial charge in [0.1, 0.15) is 6.04 Å². The first-order valence-corrected chi connectivity index (χ1v) is 6.86. The van der Waals surface area contributed by atoms with E-state index in [4.69, 9.17) is 17.3 Å². The molecule has 1 amide bonds. The maximum absolute atomic E-state index is 12.1. The van der Waals surface area contributed by atoms with Crippen LogP contribution in [0.1, 0.15) is 17.2 Å². The lowest BCUT2D eigenvalue weighted by molar-refractivity contribution is -0.126. The highest BCUT2D eigenvalue weighted by molar-refractivity contribution is 6.30. The third-order valence-corrected chi connectivity index (χ3v) is 3.85. The first-order chi connectivity index (χ1) is 9.58. The van der Waals surface area contributed by atoms with Crippen molar-refractivity contribution < 1.29 is 4.79 Å². The van der Waals surface area contributed by atoms with Crippen molar-refractivity contribution in [2.45, 2.75) is 19.0 Å². The van der Waals surface area contributed by atoms with Crippen molar-refractivity contribution in [1.29, 1.82) is 0 Å². The monoisotopic (exact) mass is 286 g/mol. The van der Waals surface area contributed by atoms with Gasteiger partial charge in [0.15, 0.2) is 0 Å². The zero-order chi connectivity index (χ0) is 14.3. The summed E-state index contributed by atoms with van der Waals surface area (Å²) in [5.41, 5.74) is 8.93. The molecule has 2 N–H and O–H groups in total. The predicted molar refractivity (Wildman–Crippen MR) is 80.8 cm³/mol. The number of rotatable bonds is 2. The van der Waals surface area contributed by atoms with Crippen molar-refractivity contribution in [1.82, 2.24) is 0 Å². The molecule has 20 heavy (non-hydrogen) atoms. The van der Waals surface area contributed by atoms with Crippen LogP contribution in [-0.4, -0.2) is 11.9 Å². The standard InChI is InChI=1S/C16H15ClN2O/c1-10-4-2-7-13(8-10)19-15(14(18)16(19)20)11-5-3-6-12(17)9-11/h2-9,14-15H,18H2,1H3/t14-,15-/m1/s1. The maximum Gasteiger partial charge on any atom is 0.247 e. The number of hydrogen-bond acceptors (Lipinski definition) is 2. The average molecular weight is 287 g/mol. The highest BCUT2D eigenvalue weighted by Gasteiger charge is 2.46. The molecule has 0 bridgehead atoms. The van der Waals surface area contributed by atoms with E-state index in [9.17, 15) is 4.79 Å². The zero-order valence-corrected chi connectivity index (χ0v) is 11.8. The van der Waals surface area contributed by atoms with Gasteiger partial charge in [0.05, 0.1) is 6.04 Å². The van der Waals surface area contributed by atoms with Crippen LogP contribution in [0, 0.1) is 6.92 Å². The minimum absolute atomic E-state index is 0.0550. The summed E-state index contributed by atoms with van der Waals surface area (Å²) in [6.45, 7) is 2.00. The van der Waals surface area contributed by atoms with Crippen molar-refractivity contribution in [2.24, 2.45) is 5.73 Å². The molecule has 0 unspecified atom stereocenters. The van der Waals surface area contributed by atoms with E-state index in [2.05, 4.69) is 0 Å². The van der Waals surface area contributed by atoms with E-state index in [1.165, 1.54) is 0 Å². The molecule has 0 radical (unpaired) electrons. The highest BCUT2D eigenvalue weighted by Crippen LogP contribution is 2.38. The molecule has 0 saturated carbocycles. The summed E-state index contributed by atoms with van der Waals surface area (Å²) in [6, 6.07) is 14.7. The van der Waals surface area contributed by atoms with Gasteiger partial charge in [0.2, 0.25) is 5.91 Å². The molecule has 3 nitrogen and oxygen atoms in total. The van der Waals surface area contributed by atoms with Gasteiger partial charge in [-0.3, -0.25) is 4.79 Å². The number of nitrogens with zero attached hydrogens (tertiary/aromatic N) is 1. The molecular formula is C16H15ClN2O. The number of carbonyl (C=O) groups is 1. The van der Waals surface area contributed by atoms with E-state index in [0.717, 1.165) is 16.8 Å². The van der Waals surface area contributed by atoms with Crippen LogP contribution in [-0.2, 0) is 4.79 Å². The van der Waals surface area contributed by atoms with Crippen LogP contribution in [0.3, 0.4) is 0 Å². The van der Waals surface area contributed by atoms with Gasteiger partial charge >= 0.3 is 0 Å². The molecule has 2 aromatic rings. The lowest BCUT2D eigenvalue weighted by atomic mass is 9.88.